The summed E-state index contributed by atoms with van der Waals surface area (Å²) in [6, 6.07) is 0. The van der Waals surface area contributed by atoms with Gasteiger partial charge in [0, 0.05) is 6.54 Å². The summed E-state index contributed by atoms with van der Waals surface area (Å²) in [4.78, 5) is 14.0. The Balaban J connectivity index is 3.99. The van der Waals surface area contributed by atoms with Crippen LogP contribution in [0.3, 0.4) is 0 Å². The maximum absolute atomic E-state index is 11.7. The Bertz CT molecular complexity index is 274. The van der Waals surface area contributed by atoms with Crippen LogP contribution in [0.4, 0.5) is 0 Å². The second kappa shape index (κ2) is 7.85. The van der Waals surface area contributed by atoms with Gasteiger partial charge >= 0.3 is 5.97 Å². The number of methoxy groups -OCH3 is 1. The van der Waals surface area contributed by atoms with E-state index in [4.69, 9.17) is 4.74 Å². The van der Waals surface area contributed by atoms with Crippen LogP contribution in [0.25, 0.3) is 0 Å². The van der Waals surface area contributed by atoms with Gasteiger partial charge in [-0.2, -0.15) is 0 Å². The number of esters is 1. The topological polar surface area (TPSA) is 41.6 Å². The first-order valence-electron chi connectivity index (χ1n) is 7.10. The Morgan fingerprint density at radius 3 is 2.21 bits per heavy atom. The fourth-order valence-corrected chi connectivity index (χ4v) is 2.30. The van der Waals surface area contributed by atoms with Gasteiger partial charge in [-0.15, -0.1) is 0 Å². The molecule has 1 unspecified atom stereocenters. The quantitative estimate of drug-likeness (QED) is 0.544. The molecule has 0 saturated heterocycles. The molecule has 0 heterocycles. The Morgan fingerprint density at radius 2 is 1.79 bits per heavy atom. The number of likely N-dealkylation sites (N-methyl/N-ethyl adjacent to an activating group) is 1. The fourth-order valence-electron chi connectivity index (χ4n) is 2.30. The zero-order valence-electron chi connectivity index (χ0n) is 13.8. The largest absolute Gasteiger partial charge is 0.468 e. The van der Waals surface area contributed by atoms with Crippen molar-refractivity contribution < 1.29 is 9.53 Å². The van der Waals surface area contributed by atoms with E-state index in [-0.39, 0.29) is 5.97 Å². The highest BCUT2D eigenvalue weighted by Gasteiger charge is 2.31. The van der Waals surface area contributed by atoms with Gasteiger partial charge in [0.2, 0.25) is 0 Å². The number of nitrogens with zero attached hydrogens (tertiary/aromatic N) is 1. The first-order chi connectivity index (χ1) is 8.64. The van der Waals surface area contributed by atoms with Crippen LogP contribution in [0, 0.1) is 5.41 Å². The average Bonchev–Trinajstić information content (AvgIpc) is 2.31. The molecule has 0 aliphatic rings. The fraction of sp³-hybridized carbons (Fsp3) is 0.933. The van der Waals surface area contributed by atoms with Crippen LogP contribution >= 0.6 is 0 Å². The van der Waals surface area contributed by atoms with Crippen molar-refractivity contribution in [2.75, 3.05) is 34.3 Å². The van der Waals surface area contributed by atoms with E-state index < -0.39 is 5.54 Å². The van der Waals surface area contributed by atoms with E-state index in [0.29, 0.717) is 5.41 Å². The number of unbranched alkanes of at least 4 members (excludes halogenated alkanes) is 1. The van der Waals surface area contributed by atoms with Gasteiger partial charge in [0.1, 0.15) is 5.54 Å². The van der Waals surface area contributed by atoms with Crippen LogP contribution in [0.1, 0.15) is 47.0 Å². The molecule has 0 saturated carbocycles. The van der Waals surface area contributed by atoms with Gasteiger partial charge in [-0.05, 0) is 52.2 Å². The molecule has 0 fully saturated rings. The molecule has 0 radical (unpaired) electrons. The molecule has 0 aromatic rings. The summed E-state index contributed by atoms with van der Waals surface area (Å²) in [5.41, 5.74) is -0.225. The SMILES string of the molecule is CNC(C)(CCCCN(C)CC(C)(C)C)C(=O)OC. The smallest absolute Gasteiger partial charge is 0.325 e. The minimum Gasteiger partial charge on any atom is -0.468 e. The lowest BCUT2D eigenvalue weighted by molar-refractivity contribution is -0.148. The molecule has 0 aromatic carbocycles. The van der Waals surface area contributed by atoms with Crippen LogP contribution in [-0.4, -0.2) is 50.7 Å². The molecule has 0 amide bonds. The Kier molecular flexibility index (Phi) is 7.60. The van der Waals surface area contributed by atoms with Crippen molar-refractivity contribution in [2.24, 2.45) is 5.41 Å². The second-order valence-corrected chi connectivity index (χ2v) is 6.83. The van der Waals surface area contributed by atoms with Gasteiger partial charge in [0.05, 0.1) is 7.11 Å². The molecule has 114 valence electrons. The predicted octanol–water partition coefficient (Wildman–Crippen LogP) is 2.29. The summed E-state index contributed by atoms with van der Waals surface area (Å²) in [7, 11) is 5.40. The Hall–Kier alpha value is -0.610. The average molecular weight is 272 g/mol. The summed E-state index contributed by atoms with van der Waals surface area (Å²) in [5, 5.41) is 3.07. The van der Waals surface area contributed by atoms with E-state index in [2.05, 4.69) is 38.0 Å². The normalized spacial score (nSPS) is 15.4. The third kappa shape index (κ3) is 7.53. The summed E-state index contributed by atoms with van der Waals surface area (Å²) in [5.74, 6) is -0.182. The highest BCUT2D eigenvalue weighted by Crippen LogP contribution is 2.17. The number of hydrogen-bond donors (Lipinski definition) is 1. The predicted molar refractivity (Wildman–Crippen MR) is 80.3 cm³/mol. The summed E-state index contributed by atoms with van der Waals surface area (Å²) < 4.78 is 4.84. The molecule has 0 spiro atoms. The third-order valence-electron chi connectivity index (χ3n) is 3.40. The van der Waals surface area contributed by atoms with Gasteiger partial charge in [0.25, 0.3) is 0 Å². The second-order valence-electron chi connectivity index (χ2n) is 6.83. The first-order valence-corrected chi connectivity index (χ1v) is 7.10. The first kappa shape index (κ1) is 18.4. The van der Waals surface area contributed by atoms with Crippen molar-refractivity contribution in [3.63, 3.8) is 0 Å². The number of carbonyl (C=O) groups excluding carboxylic acids is 1. The Morgan fingerprint density at radius 1 is 1.21 bits per heavy atom. The van der Waals surface area contributed by atoms with Crippen molar-refractivity contribution in [1.29, 1.82) is 0 Å². The van der Waals surface area contributed by atoms with Gasteiger partial charge in [-0.25, -0.2) is 0 Å². The molecule has 0 aliphatic carbocycles. The molecule has 0 rings (SSSR count). The van der Waals surface area contributed by atoms with Crippen molar-refractivity contribution in [3.05, 3.63) is 0 Å². The van der Waals surface area contributed by atoms with Crippen molar-refractivity contribution in [2.45, 2.75) is 52.5 Å². The molecule has 4 heteroatoms. The standard InChI is InChI=1S/C15H32N2O2/c1-14(2,3)12-17(6)11-9-8-10-15(4,16-5)13(18)19-7/h16H,8-12H2,1-7H3. The van der Waals surface area contributed by atoms with Crippen molar-refractivity contribution in [1.82, 2.24) is 10.2 Å². The van der Waals surface area contributed by atoms with E-state index in [1.807, 2.05) is 14.0 Å². The molecular formula is C15H32N2O2. The highest BCUT2D eigenvalue weighted by atomic mass is 16.5. The van der Waals surface area contributed by atoms with E-state index in [1.165, 1.54) is 7.11 Å². The van der Waals surface area contributed by atoms with Crippen LogP contribution in [0.2, 0.25) is 0 Å². The van der Waals surface area contributed by atoms with Crippen molar-refractivity contribution >= 4 is 5.97 Å². The summed E-state index contributed by atoms with van der Waals surface area (Å²) >= 11 is 0. The molecular weight excluding hydrogens is 240 g/mol. The molecule has 19 heavy (non-hydrogen) atoms. The number of rotatable bonds is 8. The molecule has 1 atom stereocenters. The molecule has 0 bridgehead atoms. The Labute approximate surface area is 118 Å². The maximum atomic E-state index is 11.7. The number of nitrogens with one attached hydrogen (secondary N) is 1. The number of ether oxygens (including phenoxy) is 1. The van der Waals surface area contributed by atoms with Crippen LogP contribution in [0.15, 0.2) is 0 Å². The van der Waals surface area contributed by atoms with Crippen LogP contribution in [0.5, 0.6) is 0 Å². The molecule has 0 aliphatic heterocycles. The minimum atomic E-state index is -0.558. The molecule has 0 aromatic heterocycles. The summed E-state index contributed by atoms with van der Waals surface area (Å²) in [6.45, 7) is 10.8. The van der Waals surface area contributed by atoms with Crippen molar-refractivity contribution in [3.8, 4) is 0 Å². The monoisotopic (exact) mass is 272 g/mol. The highest BCUT2D eigenvalue weighted by molar-refractivity contribution is 5.80. The van der Waals surface area contributed by atoms with Gasteiger partial charge in [-0.3, -0.25) is 4.79 Å². The third-order valence-corrected chi connectivity index (χ3v) is 3.40. The van der Waals surface area contributed by atoms with E-state index in [9.17, 15) is 4.79 Å². The van der Waals surface area contributed by atoms with Gasteiger partial charge in [-0.1, -0.05) is 20.8 Å². The van der Waals surface area contributed by atoms with Gasteiger partial charge in [0.15, 0.2) is 0 Å². The summed E-state index contributed by atoms with van der Waals surface area (Å²) in [6.07, 6.45) is 2.92. The minimum absolute atomic E-state index is 0.182. The van der Waals surface area contributed by atoms with Gasteiger partial charge < -0.3 is 15.0 Å². The lowest BCUT2D eigenvalue weighted by Crippen LogP contribution is -2.48. The zero-order valence-corrected chi connectivity index (χ0v) is 13.8. The lowest BCUT2D eigenvalue weighted by Gasteiger charge is -2.28. The van der Waals surface area contributed by atoms with E-state index in [1.54, 1.807) is 0 Å². The molecule has 1 N–H and O–H groups in total. The van der Waals surface area contributed by atoms with E-state index >= 15 is 0 Å². The van der Waals surface area contributed by atoms with E-state index in [0.717, 1.165) is 32.4 Å². The maximum Gasteiger partial charge on any atom is 0.325 e. The molecule has 4 nitrogen and oxygen atoms in total. The van der Waals surface area contributed by atoms with Crippen LogP contribution in [-0.2, 0) is 9.53 Å². The lowest BCUT2D eigenvalue weighted by atomic mass is 9.94. The van der Waals surface area contributed by atoms with Crippen LogP contribution < -0.4 is 5.32 Å². The zero-order chi connectivity index (χ0) is 15.1. The number of hydrogen-bond acceptors (Lipinski definition) is 4. The number of carbonyl (C=O) groups is 1.